The zero-order valence-corrected chi connectivity index (χ0v) is 12.7. The van der Waals surface area contributed by atoms with Crippen molar-refractivity contribution in [3.8, 4) is 0 Å². The van der Waals surface area contributed by atoms with E-state index in [4.69, 9.17) is 9.84 Å². The van der Waals surface area contributed by atoms with Crippen LogP contribution >= 0.6 is 0 Å². The fourth-order valence-corrected chi connectivity index (χ4v) is 3.27. The Labute approximate surface area is 126 Å². The number of ether oxygens (including phenoxy) is 1. The first-order chi connectivity index (χ1) is 10.2. The van der Waals surface area contributed by atoms with E-state index in [9.17, 15) is 4.79 Å². The maximum absolute atomic E-state index is 11.0. The van der Waals surface area contributed by atoms with Gasteiger partial charge in [0.1, 0.15) is 0 Å². The molecule has 0 radical (unpaired) electrons. The lowest BCUT2D eigenvalue weighted by Crippen LogP contribution is -2.39. The van der Waals surface area contributed by atoms with Gasteiger partial charge in [0.2, 0.25) is 0 Å². The van der Waals surface area contributed by atoms with Gasteiger partial charge in [-0.1, -0.05) is 31.4 Å². The summed E-state index contributed by atoms with van der Waals surface area (Å²) in [7, 11) is 1.77. The Bertz CT molecular complexity index is 461. The topological polar surface area (TPSA) is 58.6 Å². The molecular formula is C17H25NO3. The van der Waals surface area contributed by atoms with Crippen LogP contribution in [0, 0.1) is 5.41 Å². The van der Waals surface area contributed by atoms with Crippen LogP contribution in [0.25, 0.3) is 0 Å². The molecule has 0 aliphatic heterocycles. The van der Waals surface area contributed by atoms with Crippen molar-refractivity contribution in [1.82, 2.24) is 5.32 Å². The lowest BCUT2D eigenvalue weighted by molar-refractivity contribution is 0.0482. The molecule has 21 heavy (non-hydrogen) atoms. The summed E-state index contributed by atoms with van der Waals surface area (Å²) < 4.78 is 5.42. The average Bonchev–Trinajstić information content (AvgIpc) is 2.49. The maximum atomic E-state index is 11.0. The molecule has 0 heterocycles. The fraction of sp³-hybridized carbons (Fsp3) is 0.588. The van der Waals surface area contributed by atoms with E-state index >= 15 is 0 Å². The molecule has 0 bridgehead atoms. The molecular weight excluding hydrogens is 266 g/mol. The summed E-state index contributed by atoms with van der Waals surface area (Å²) in [5.74, 6) is -0.875. The van der Waals surface area contributed by atoms with Crippen LogP contribution in [0.2, 0.25) is 0 Å². The van der Waals surface area contributed by atoms with E-state index < -0.39 is 5.97 Å². The number of nitrogens with one attached hydrogen (secondary N) is 1. The van der Waals surface area contributed by atoms with E-state index in [2.05, 4.69) is 5.32 Å². The molecule has 0 atom stereocenters. The Balaban J connectivity index is 1.90. The lowest BCUT2D eigenvalue weighted by atomic mass is 9.74. The highest BCUT2D eigenvalue weighted by atomic mass is 16.5. The SMILES string of the molecule is COCC1(CNCc2cccc(C(=O)O)c2)CCCCC1. The Morgan fingerprint density at radius 1 is 1.33 bits per heavy atom. The van der Waals surface area contributed by atoms with Gasteiger partial charge in [0.25, 0.3) is 0 Å². The monoisotopic (exact) mass is 291 g/mol. The van der Waals surface area contributed by atoms with Gasteiger partial charge in [-0.2, -0.15) is 0 Å². The molecule has 0 saturated heterocycles. The first kappa shape index (κ1) is 16.0. The molecule has 2 N–H and O–H groups in total. The summed E-state index contributed by atoms with van der Waals surface area (Å²) in [4.78, 5) is 11.0. The zero-order valence-electron chi connectivity index (χ0n) is 12.7. The van der Waals surface area contributed by atoms with Crippen LogP contribution < -0.4 is 5.32 Å². The number of benzene rings is 1. The molecule has 0 aromatic heterocycles. The van der Waals surface area contributed by atoms with Gasteiger partial charge in [-0.3, -0.25) is 0 Å². The number of rotatable bonds is 7. The van der Waals surface area contributed by atoms with Crippen molar-refractivity contribution in [2.45, 2.75) is 38.6 Å². The molecule has 0 unspecified atom stereocenters. The largest absolute Gasteiger partial charge is 0.478 e. The van der Waals surface area contributed by atoms with E-state index in [-0.39, 0.29) is 5.41 Å². The summed E-state index contributed by atoms with van der Waals surface area (Å²) in [6.07, 6.45) is 6.30. The second-order valence-electron chi connectivity index (χ2n) is 6.10. The molecule has 1 fully saturated rings. The maximum Gasteiger partial charge on any atom is 0.335 e. The summed E-state index contributed by atoms with van der Waals surface area (Å²) in [6, 6.07) is 7.12. The van der Waals surface area contributed by atoms with Crippen molar-refractivity contribution in [1.29, 1.82) is 0 Å². The second-order valence-corrected chi connectivity index (χ2v) is 6.10. The molecule has 0 amide bonds. The highest BCUT2D eigenvalue weighted by Gasteiger charge is 2.31. The number of carboxylic acid groups (broad SMARTS) is 1. The average molecular weight is 291 g/mol. The number of methoxy groups -OCH3 is 1. The third-order valence-corrected chi connectivity index (χ3v) is 4.37. The normalized spacial score (nSPS) is 17.6. The van der Waals surface area contributed by atoms with Gasteiger partial charge in [0.15, 0.2) is 0 Å². The van der Waals surface area contributed by atoms with Crippen LogP contribution in [0.3, 0.4) is 0 Å². The Hall–Kier alpha value is -1.39. The van der Waals surface area contributed by atoms with E-state index in [0.29, 0.717) is 12.1 Å². The van der Waals surface area contributed by atoms with E-state index in [0.717, 1.165) is 18.7 Å². The number of hydrogen-bond acceptors (Lipinski definition) is 3. The first-order valence-electron chi connectivity index (χ1n) is 7.67. The van der Waals surface area contributed by atoms with Gasteiger partial charge < -0.3 is 15.2 Å². The smallest absolute Gasteiger partial charge is 0.335 e. The fourth-order valence-electron chi connectivity index (χ4n) is 3.27. The highest BCUT2D eigenvalue weighted by molar-refractivity contribution is 5.87. The van der Waals surface area contributed by atoms with Crippen molar-refractivity contribution < 1.29 is 14.6 Å². The Morgan fingerprint density at radius 2 is 2.10 bits per heavy atom. The van der Waals surface area contributed by atoms with Gasteiger partial charge in [0.05, 0.1) is 12.2 Å². The number of carboxylic acids is 1. The minimum atomic E-state index is -0.875. The van der Waals surface area contributed by atoms with Crippen LogP contribution in [0.1, 0.15) is 48.0 Å². The molecule has 1 aliphatic carbocycles. The van der Waals surface area contributed by atoms with E-state index in [1.165, 1.54) is 32.1 Å². The minimum Gasteiger partial charge on any atom is -0.478 e. The van der Waals surface area contributed by atoms with Gasteiger partial charge in [-0.15, -0.1) is 0 Å². The molecule has 2 rings (SSSR count). The first-order valence-corrected chi connectivity index (χ1v) is 7.67. The Kier molecular flexibility index (Phi) is 5.76. The van der Waals surface area contributed by atoms with Crippen LogP contribution in [0.15, 0.2) is 24.3 Å². The van der Waals surface area contributed by atoms with Crippen molar-refractivity contribution in [2.24, 2.45) is 5.41 Å². The predicted molar refractivity (Wildman–Crippen MR) is 82.5 cm³/mol. The van der Waals surface area contributed by atoms with Gasteiger partial charge >= 0.3 is 5.97 Å². The van der Waals surface area contributed by atoms with E-state index in [1.54, 1.807) is 25.3 Å². The van der Waals surface area contributed by atoms with Crippen LogP contribution in [-0.2, 0) is 11.3 Å². The van der Waals surface area contributed by atoms with Crippen molar-refractivity contribution >= 4 is 5.97 Å². The summed E-state index contributed by atoms with van der Waals surface area (Å²) in [6.45, 7) is 2.43. The quantitative estimate of drug-likeness (QED) is 0.810. The minimum absolute atomic E-state index is 0.247. The third-order valence-electron chi connectivity index (χ3n) is 4.37. The van der Waals surface area contributed by atoms with Gasteiger partial charge in [-0.25, -0.2) is 4.79 Å². The van der Waals surface area contributed by atoms with Crippen molar-refractivity contribution in [2.75, 3.05) is 20.3 Å². The standard InChI is InChI=1S/C17H25NO3/c1-21-13-17(8-3-2-4-9-17)12-18-11-14-6-5-7-15(10-14)16(19)20/h5-7,10,18H,2-4,8-9,11-13H2,1H3,(H,19,20). The molecule has 1 aromatic carbocycles. The molecule has 1 aliphatic rings. The summed E-state index contributed by atoms with van der Waals surface area (Å²) in [5.41, 5.74) is 1.61. The van der Waals surface area contributed by atoms with Gasteiger partial charge in [0, 0.05) is 25.6 Å². The predicted octanol–water partition coefficient (Wildman–Crippen LogP) is 3.07. The lowest BCUT2D eigenvalue weighted by Gasteiger charge is -2.37. The highest BCUT2D eigenvalue weighted by Crippen LogP contribution is 2.35. The van der Waals surface area contributed by atoms with Crippen LogP contribution in [-0.4, -0.2) is 31.3 Å². The van der Waals surface area contributed by atoms with Crippen molar-refractivity contribution in [3.63, 3.8) is 0 Å². The van der Waals surface area contributed by atoms with Gasteiger partial charge in [-0.05, 0) is 30.5 Å². The number of aromatic carboxylic acids is 1. The van der Waals surface area contributed by atoms with Crippen molar-refractivity contribution in [3.05, 3.63) is 35.4 Å². The second kappa shape index (κ2) is 7.57. The van der Waals surface area contributed by atoms with Crippen LogP contribution in [0.5, 0.6) is 0 Å². The van der Waals surface area contributed by atoms with E-state index in [1.807, 2.05) is 6.07 Å². The Morgan fingerprint density at radius 3 is 2.76 bits per heavy atom. The molecule has 4 nitrogen and oxygen atoms in total. The molecule has 1 saturated carbocycles. The molecule has 116 valence electrons. The van der Waals surface area contributed by atoms with Crippen LogP contribution in [0.4, 0.5) is 0 Å². The zero-order chi connectivity index (χ0) is 15.1. The number of carbonyl (C=O) groups is 1. The summed E-state index contributed by atoms with van der Waals surface area (Å²) in [5, 5.41) is 12.5. The molecule has 0 spiro atoms. The molecule has 1 aromatic rings. The third kappa shape index (κ3) is 4.55. The molecule has 4 heteroatoms. The number of hydrogen-bond donors (Lipinski definition) is 2. The summed E-state index contributed by atoms with van der Waals surface area (Å²) >= 11 is 0.